The molecule has 1 aliphatic heterocycles. The molecule has 1 N–H and O–H groups in total. The molecule has 1 aromatic heterocycles. The van der Waals surface area contributed by atoms with Crippen LogP contribution >= 0.6 is 0 Å². The Morgan fingerprint density at radius 1 is 1.42 bits per heavy atom. The summed E-state index contributed by atoms with van der Waals surface area (Å²) < 4.78 is 16.3. The number of carbonyl (C=O) groups is 1. The Labute approximate surface area is 152 Å². The van der Waals surface area contributed by atoms with Crippen LogP contribution in [0.4, 0.5) is 4.79 Å². The van der Waals surface area contributed by atoms with E-state index in [2.05, 4.69) is 15.5 Å². The Morgan fingerprint density at radius 3 is 3.00 bits per heavy atom. The predicted molar refractivity (Wildman–Crippen MR) is 95.0 cm³/mol. The van der Waals surface area contributed by atoms with Gasteiger partial charge in [0.1, 0.15) is 11.9 Å². The van der Waals surface area contributed by atoms with Gasteiger partial charge in [0.15, 0.2) is 5.82 Å². The normalized spacial score (nSPS) is 14.2. The zero-order chi connectivity index (χ0) is 18.4. The maximum absolute atomic E-state index is 12.0. The topological polar surface area (TPSA) is 89.7 Å². The number of aromatic nitrogens is 2. The van der Waals surface area contributed by atoms with Gasteiger partial charge in [-0.25, -0.2) is 4.79 Å². The molecule has 8 nitrogen and oxygen atoms in total. The van der Waals surface area contributed by atoms with Gasteiger partial charge < -0.3 is 24.2 Å². The minimum atomic E-state index is -0.0589. The van der Waals surface area contributed by atoms with E-state index in [0.717, 1.165) is 17.7 Å². The number of ether oxygens (including phenoxy) is 2. The molecule has 140 valence electrons. The lowest BCUT2D eigenvalue weighted by atomic mass is 10.1. The van der Waals surface area contributed by atoms with Crippen LogP contribution in [0.1, 0.15) is 19.2 Å². The first-order valence-electron chi connectivity index (χ1n) is 8.83. The van der Waals surface area contributed by atoms with E-state index in [1.807, 2.05) is 31.2 Å². The van der Waals surface area contributed by atoms with E-state index in [9.17, 15) is 4.79 Å². The Kier molecular flexibility index (Phi) is 6.06. The Morgan fingerprint density at radius 2 is 2.27 bits per heavy atom. The van der Waals surface area contributed by atoms with Crippen molar-refractivity contribution in [3.05, 3.63) is 30.1 Å². The van der Waals surface area contributed by atoms with Gasteiger partial charge in [0.05, 0.1) is 13.1 Å². The van der Waals surface area contributed by atoms with Gasteiger partial charge in [-0.15, -0.1) is 0 Å². The monoisotopic (exact) mass is 360 g/mol. The summed E-state index contributed by atoms with van der Waals surface area (Å²) in [5, 5.41) is 6.68. The van der Waals surface area contributed by atoms with Crippen LogP contribution in [-0.4, -0.2) is 60.0 Å². The lowest BCUT2D eigenvalue weighted by Crippen LogP contribution is -2.59. The molecular weight excluding hydrogens is 336 g/mol. The van der Waals surface area contributed by atoms with Crippen LogP contribution in [0.3, 0.4) is 0 Å². The molecule has 0 unspecified atom stereocenters. The molecule has 3 rings (SSSR count). The van der Waals surface area contributed by atoms with Crippen molar-refractivity contribution in [2.75, 3.05) is 32.8 Å². The van der Waals surface area contributed by atoms with Crippen molar-refractivity contribution in [1.82, 2.24) is 20.4 Å². The van der Waals surface area contributed by atoms with Crippen molar-refractivity contribution in [3.63, 3.8) is 0 Å². The SMILES string of the molecule is CCOCCCNC(=O)N1CC(Oc2cccc(-c3nc(C)no3)c2)C1. The molecule has 1 aromatic carbocycles. The van der Waals surface area contributed by atoms with E-state index >= 15 is 0 Å². The number of nitrogens with one attached hydrogen (secondary N) is 1. The van der Waals surface area contributed by atoms with E-state index in [0.29, 0.717) is 44.6 Å². The van der Waals surface area contributed by atoms with E-state index < -0.39 is 0 Å². The number of aryl methyl sites for hydroxylation is 1. The first-order valence-corrected chi connectivity index (χ1v) is 8.83. The third-order valence-corrected chi connectivity index (χ3v) is 3.99. The van der Waals surface area contributed by atoms with Crippen molar-refractivity contribution in [2.45, 2.75) is 26.4 Å². The van der Waals surface area contributed by atoms with Gasteiger partial charge in [-0.2, -0.15) is 4.98 Å². The van der Waals surface area contributed by atoms with Crippen LogP contribution in [-0.2, 0) is 4.74 Å². The molecule has 2 aromatic rings. The molecule has 0 aliphatic carbocycles. The molecule has 0 atom stereocenters. The maximum atomic E-state index is 12.0. The fourth-order valence-electron chi connectivity index (χ4n) is 2.61. The number of hydrogen-bond acceptors (Lipinski definition) is 6. The average molecular weight is 360 g/mol. The van der Waals surface area contributed by atoms with Crippen LogP contribution < -0.4 is 10.1 Å². The molecule has 0 bridgehead atoms. The molecule has 0 radical (unpaired) electrons. The molecular formula is C18H24N4O4. The molecule has 8 heteroatoms. The zero-order valence-electron chi connectivity index (χ0n) is 15.1. The molecule has 0 saturated carbocycles. The summed E-state index contributed by atoms with van der Waals surface area (Å²) in [6.45, 7) is 6.86. The second kappa shape index (κ2) is 8.66. The summed E-state index contributed by atoms with van der Waals surface area (Å²) in [6.07, 6.45) is 0.804. The lowest BCUT2D eigenvalue weighted by molar-refractivity contribution is 0.0442. The highest BCUT2D eigenvalue weighted by Crippen LogP contribution is 2.24. The van der Waals surface area contributed by atoms with Gasteiger partial charge >= 0.3 is 6.03 Å². The Hall–Kier alpha value is -2.61. The van der Waals surface area contributed by atoms with Crippen LogP contribution in [0.25, 0.3) is 11.5 Å². The number of hydrogen-bond donors (Lipinski definition) is 1. The van der Waals surface area contributed by atoms with E-state index in [1.165, 1.54) is 0 Å². The van der Waals surface area contributed by atoms with Gasteiger partial charge in [-0.1, -0.05) is 11.2 Å². The molecule has 26 heavy (non-hydrogen) atoms. The number of nitrogens with zero attached hydrogens (tertiary/aromatic N) is 3. The highest BCUT2D eigenvalue weighted by Gasteiger charge is 2.32. The highest BCUT2D eigenvalue weighted by molar-refractivity contribution is 5.75. The number of benzene rings is 1. The smallest absolute Gasteiger partial charge is 0.317 e. The molecule has 1 fully saturated rings. The van der Waals surface area contributed by atoms with E-state index in [4.69, 9.17) is 14.0 Å². The predicted octanol–water partition coefficient (Wildman–Crippen LogP) is 2.24. The Bertz CT molecular complexity index is 727. The second-order valence-electron chi connectivity index (χ2n) is 6.10. The van der Waals surface area contributed by atoms with Gasteiger partial charge in [0.25, 0.3) is 5.89 Å². The summed E-state index contributed by atoms with van der Waals surface area (Å²) in [4.78, 5) is 17.9. The maximum Gasteiger partial charge on any atom is 0.317 e. The number of likely N-dealkylation sites (tertiary alicyclic amines) is 1. The van der Waals surface area contributed by atoms with Gasteiger partial charge in [0.2, 0.25) is 0 Å². The summed E-state index contributed by atoms with van der Waals surface area (Å²) in [7, 11) is 0. The van der Waals surface area contributed by atoms with Gasteiger partial charge in [-0.05, 0) is 38.5 Å². The van der Waals surface area contributed by atoms with Crippen molar-refractivity contribution >= 4 is 6.03 Å². The molecule has 1 aliphatic rings. The summed E-state index contributed by atoms with van der Waals surface area (Å²) in [6, 6.07) is 7.46. The fourth-order valence-corrected chi connectivity index (χ4v) is 2.61. The Balaban J connectivity index is 1.42. The van der Waals surface area contributed by atoms with Crippen molar-refractivity contribution in [1.29, 1.82) is 0 Å². The summed E-state index contributed by atoms with van der Waals surface area (Å²) in [5.74, 6) is 1.78. The summed E-state index contributed by atoms with van der Waals surface area (Å²) >= 11 is 0. The van der Waals surface area contributed by atoms with E-state index in [1.54, 1.807) is 11.8 Å². The number of urea groups is 1. The van der Waals surface area contributed by atoms with Crippen LogP contribution in [0.15, 0.2) is 28.8 Å². The van der Waals surface area contributed by atoms with Crippen molar-refractivity contribution in [2.24, 2.45) is 0 Å². The number of carbonyl (C=O) groups excluding carboxylic acids is 1. The second-order valence-corrected chi connectivity index (χ2v) is 6.10. The standard InChI is InChI=1S/C18H24N4O4/c1-3-24-9-5-8-19-18(23)22-11-16(12-22)25-15-7-4-6-14(10-15)17-20-13(2)21-26-17/h4,6-7,10,16H,3,5,8-9,11-12H2,1-2H3,(H,19,23). The summed E-state index contributed by atoms with van der Waals surface area (Å²) in [5.41, 5.74) is 0.811. The molecule has 2 amide bonds. The molecule has 1 saturated heterocycles. The first-order chi connectivity index (χ1) is 12.7. The highest BCUT2D eigenvalue weighted by atomic mass is 16.5. The van der Waals surface area contributed by atoms with Crippen LogP contribution in [0.5, 0.6) is 5.75 Å². The van der Waals surface area contributed by atoms with Gasteiger partial charge in [0, 0.05) is 25.3 Å². The fraction of sp³-hybridized carbons (Fsp3) is 0.500. The van der Waals surface area contributed by atoms with Crippen LogP contribution in [0, 0.1) is 6.92 Å². The van der Waals surface area contributed by atoms with Gasteiger partial charge in [-0.3, -0.25) is 0 Å². The molecule has 2 heterocycles. The zero-order valence-corrected chi connectivity index (χ0v) is 15.1. The third kappa shape index (κ3) is 4.72. The number of amides is 2. The van der Waals surface area contributed by atoms with Crippen molar-refractivity contribution in [3.8, 4) is 17.2 Å². The third-order valence-electron chi connectivity index (χ3n) is 3.99. The molecule has 0 spiro atoms. The number of rotatable bonds is 8. The lowest BCUT2D eigenvalue weighted by Gasteiger charge is -2.38. The quantitative estimate of drug-likeness (QED) is 0.726. The van der Waals surface area contributed by atoms with Crippen molar-refractivity contribution < 1.29 is 18.8 Å². The van der Waals surface area contributed by atoms with Crippen LogP contribution in [0.2, 0.25) is 0 Å². The first kappa shape index (κ1) is 18.2. The average Bonchev–Trinajstić information content (AvgIpc) is 3.04. The largest absolute Gasteiger partial charge is 0.487 e. The minimum Gasteiger partial charge on any atom is -0.487 e. The van der Waals surface area contributed by atoms with E-state index in [-0.39, 0.29) is 12.1 Å². The minimum absolute atomic E-state index is 0.0103.